The van der Waals surface area contributed by atoms with E-state index in [4.69, 9.17) is 0 Å². The van der Waals surface area contributed by atoms with Gasteiger partial charge in [-0.1, -0.05) is 6.92 Å². The summed E-state index contributed by atoms with van der Waals surface area (Å²) in [6, 6.07) is 4.08. The lowest BCUT2D eigenvalue weighted by Crippen LogP contribution is -2.49. The van der Waals surface area contributed by atoms with Crippen molar-refractivity contribution in [1.82, 2.24) is 19.9 Å². The van der Waals surface area contributed by atoms with Crippen molar-refractivity contribution in [2.45, 2.75) is 19.4 Å². The summed E-state index contributed by atoms with van der Waals surface area (Å²) < 4.78 is 15.1. The van der Waals surface area contributed by atoms with Gasteiger partial charge >= 0.3 is 6.08 Å². The molecule has 0 amide bonds. The van der Waals surface area contributed by atoms with Gasteiger partial charge < -0.3 is 10.2 Å². The minimum Gasteiger partial charge on any atom is -0.353 e. The van der Waals surface area contributed by atoms with Crippen molar-refractivity contribution >= 4 is 11.3 Å². The van der Waals surface area contributed by atoms with Gasteiger partial charge in [0.15, 0.2) is 5.82 Å². The van der Waals surface area contributed by atoms with Gasteiger partial charge in [-0.15, -0.1) is 5.10 Å². The summed E-state index contributed by atoms with van der Waals surface area (Å²) >= 11 is 0. The van der Waals surface area contributed by atoms with E-state index >= 15 is 0 Å². The quantitative estimate of drug-likeness (QED) is 0.887. The minimum atomic E-state index is -0.693. The second-order valence-electron chi connectivity index (χ2n) is 5.19. The summed E-state index contributed by atoms with van der Waals surface area (Å²) in [4.78, 5) is 6.05. The fourth-order valence-electron chi connectivity index (χ4n) is 2.80. The van der Waals surface area contributed by atoms with E-state index < -0.39 is 6.08 Å². The maximum Gasteiger partial charge on any atom is 0.327 e. The molecule has 0 saturated carbocycles. The number of hydrogen-bond donors (Lipinski definition) is 1. The van der Waals surface area contributed by atoms with Gasteiger partial charge in [-0.3, -0.25) is 0 Å². The Hall–Kier alpha value is -1.69. The predicted molar refractivity (Wildman–Crippen MR) is 71.8 cm³/mol. The van der Waals surface area contributed by atoms with Crippen molar-refractivity contribution in [3.8, 4) is 0 Å². The predicted octanol–water partition coefficient (Wildman–Crippen LogP) is 1.30. The molecule has 0 unspecified atom stereocenters. The lowest BCUT2D eigenvalue weighted by molar-refractivity contribution is 0.336. The Morgan fingerprint density at radius 1 is 1.53 bits per heavy atom. The summed E-state index contributed by atoms with van der Waals surface area (Å²) in [5.41, 5.74) is 0.835. The molecule has 1 saturated heterocycles. The molecule has 102 valence electrons. The van der Waals surface area contributed by atoms with Gasteiger partial charge in [-0.25, -0.2) is 4.52 Å². The van der Waals surface area contributed by atoms with Crippen LogP contribution in [0.15, 0.2) is 18.3 Å². The first-order valence-corrected chi connectivity index (χ1v) is 6.61. The van der Waals surface area contributed by atoms with E-state index in [2.05, 4.69) is 27.2 Å². The lowest BCUT2D eigenvalue weighted by atomic mass is 9.94. The molecule has 2 aromatic heterocycles. The zero-order valence-corrected chi connectivity index (χ0v) is 11.2. The van der Waals surface area contributed by atoms with Gasteiger partial charge in [0.25, 0.3) is 0 Å². The fraction of sp³-hybridized carbons (Fsp3) is 0.538. The highest BCUT2D eigenvalue weighted by molar-refractivity contribution is 5.68. The minimum absolute atomic E-state index is 0.321. The van der Waals surface area contributed by atoms with E-state index in [1.165, 1.54) is 4.52 Å². The molecule has 0 aliphatic carbocycles. The lowest BCUT2D eigenvalue weighted by Gasteiger charge is -2.37. The Kier molecular flexibility index (Phi) is 3.10. The number of nitrogens with zero attached hydrogens (tertiary/aromatic N) is 4. The molecule has 1 N–H and O–H groups in total. The number of fused-ring (bicyclic) bond motifs is 1. The van der Waals surface area contributed by atoms with Crippen LogP contribution in [-0.2, 0) is 0 Å². The third-order valence-electron chi connectivity index (χ3n) is 3.96. The highest BCUT2D eigenvalue weighted by Crippen LogP contribution is 2.24. The van der Waals surface area contributed by atoms with Crippen LogP contribution in [0.1, 0.15) is 13.3 Å². The van der Waals surface area contributed by atoms with Crippen LogP contribution in [0, 0.1) is 12.0 Å². The highest BCUT2D eigenvalue weighted by atomic mass is 19.1. The molecule has 0 radical (unpaired) electrons. The summed E-state index contributed by atoms with van der Waals surface area (Å²) in [7, 11) is 1.98. The van der Waals surface area contributed by atoms with E-state index in [1.54, 1.807) is 6.20 Å². The van der Waals surface area contributed by atoms with Crippen molar-refractivity contribution in [1.29, 1.82) is 0 Å². The summed E-state index contributed by atoms with van der Waals surface area (Å²) in [5, 5.41) is 7.13. The number of anilines is 1. The third-order valence-corrected chi connectivity index (χ3v) is 3.96. The molecular weight excluding hydrogens is 245 g/mol. The third kappa shape index (κ3) is 2.16. The number of hydrogen-bond acceptors (Lipinski definition) is 4. The molecule has 1 fully saturated rings. The van der Waals surface area contributed by atoms with Gasteiger partial charge in [0.05, 0.1) is 0 Å². The van der Waals surface area contributed by atoms with Crippen LogP contribution < -0.4 is 10.2 Å². The van der Waals surface area contributed by atoms with E-state index in [1.807, 2.05) is 19.2 Å². The molecule has 3 heterocycles. The normalized spacial score (nSPS) is 23.7. The van der Waals surface area contributed by atoms with E-state index in [-0.39, 0.29) is 0 Å². The Morgan fingerprint density at radius 2 is 2.37 bits per heavy atom. The Labute approximate surface area is 111 Å². The van der Waals surface area contributed by atoms with E-state index in [0.29, 0.717) is 17.8 Å². The first-order valence-electron chi connectivity index (χ1n) is 6.61. The fourth-order valence-corrected chi connectivity index (χ4v) is 2.80. The van der Waals surface area contributed by atoms with E-state index in [9.17, 15) is 4.39 Å². The van der Waals surface area contributed by atoms with Crippen LogP contribution in [0.25, 0.3) is 5.52 Å². The van der Waals surface area contributed by atoms with E-state index in [0.717, 1.165) is 25.0 Å². The molecule has 0 aromatic carbocycles. The van der Waals surface area contributed by atoms with Gasteiger partial charge in [-0.05, 0) is 31.0 Å². The summed E-state index contributed by atoms with van der Waals surface area (Å²) in [6.45, 7) is 4.18. The number of halogens is 1. The average molecular weight is 263 g/mol. The highest BCUT2D eigenvalue weighted by Gasteiger charge is 2.27. The van der Waals surface area contributed by atoms with Crippen molar-refractivity contribution in [3.05, 3.63) is 24.4 Å². The smallest absolute Gasteiger partial charge is 0.327 e. The van der Waals surface area contributed by atoms with Crippen LogP contribution >= 0.6 is 0 Å². The largest absolute Gasteiger partial charge is 0.353 e. The first-order chi connectivity index (χ1) is 9.16. The Morgan fingerprint density at radius 3 is 3.16 bits per heavy atom. The van der Waals surface area contributed by atoms with Gasteiger partial charge in [0, 0.05) is 25.8 Å². The SMILES string of the molecule is C[C@@H]1CCNC[C@@H]1N(C)c1nc(F)nn2cccc12. The second kappa shape index (κ2) is 4.77. The Bertz CT molecular complexity index is 581. The van der Waals surface area contributed by atoms with Crippen molar-refractivity contribution in [3.63, 3.8) is 0 Å². The molecule has 0 bridgehead atoms. The maximum absolute atomic E-state index is 13.5. The molecule has 1 aliphatic heterocycles. The number of rotatable bonds is 2. The van der Waals surface area contributed by atoms with Gasteiger partial charge in [-0.2, -0.15) is 9.37 Å². The average Bonchev–Trinajstić information content (AvgIpc) is 2.85. The Balaban J connectivity index is 2.00. The topological polar surface area (TPSA) is 45.5 Å². The zero-order valence-electron chi connectivity index (χ0n) is 11.2. The molecular formula is C13H18FN5. The first kappa shape index (κ1) is 12.3. The van der Waals surface area contributed by atoms with Crippen molar-refractivity contribution in [2.24, 2.45) is 5.92 Å². The number of nitrogens with one attached hydrogen (secondary N) is 1. The van der Waals surface area contributed by atoms with Crippen LogP contribution in [0.5, 0.6) is 0 Å². The van der Waals surface area contributed by atoms with Crippen molar-refractivity contribution in [2.75, 3.05) is 25.0 Å². The van der Waals surface area contributed by atoms with Crippen LogP contribution in [0.2, 0.25) is 0 Å². The van der Waals surface area contributed by atoms with Crippen LogP contribution in [0.4, 0.5) is 10.2 Å². The standard InChI is InChI=1S/C13H18FN5/c1-9-5-6-15-8-11(9)18(2)12-10-4-3-7-19(10)17-13(14)16-12/h3-4,7,9,11,15H,5-6,8H2,1-2H3/t9-,11+/m1/s1. The number of piperidine rings is 1. The number of likely N-dealkylation sites (N-methyl/N-ethyl adjacent to an activating group) is 1. The molecule has 5 nitrogen and oxygen atoms in total. The number of aromatic nitrogens is 3. The second-order valence-corrected chi connectivity index (χ2v) is 5.19. The molecule has 1 aliphatic rings. The summed E-state index contributed by atoms with van der Waals surface area (Å²) in [6.07, 6.45) is 2.17. The van der Waals surface area contributed by atoms with Gasteiger partial charge in [0.2, 0.25) is 0 Å². The van der Waals surface area contributed by atoms with Crippen molar-refractivity contribution < 1.29 is 4.39 Å². The summed E-state index contributed by atoms with van der Waals surface area (Å²) in [5.74, 6) is 1.21. The molecule has 6 heteroatoms. The van der Waals surface area contributed by atoms with Gasteiger partial charge in [0.1, 0.15) is 5.52 Å². The molecule has 3 rings (SSSR count). The monoisotopic (exact) mass is 263 g/mol. The molecule has 19 heavy (non-hydrogen) atoms. The van der Waals surface area contributed by atoms with Crippen LogP contribution in [-0.4, -0.2) is 40.8 Å². The molecule has 2 atom stereocenters. The zero-order chi connectivity index (χ0) is 13.4. The van der Waals surface area contributed by atoms with Crippen LogP contribution in [0.3, 0.4) is 0 Å². The molecule has 0 spiro atoms. The molecule has 2 aromatic rings. The maximum atomic E-state index is 13.5.